The molecule has 7 heteroatoms. The number of carboxylic acid groups (broad SMARTS) is 1. The molecule has 0 aliphatic rings. The Morgan fingerprint density at radius 1 is 1.20 bits per heavy atom. The van der Waals surface area contributed by atoms with Gasteiger partial charge in [0, 0.05) is 27.7 Å². The number of aromatic hydroxyl groups is 1. The molecule has 0 spiro atoms. The maximum Gasteiger partial charge on any atom is 0.311 e. The van der Waals surface area contributed by atoms with Gasteiger partial charge in [-0.3, -0.25) is 14.2 Å². The van der Waals surface area contributed by atoms with Crippen LogP contribution >= 0.6 is 11.6 Å². The normalized spacial score (nSPS) is 13.4. The van der Waals surface area contributed by atoms with E-state index in [2.05, 4.69) is 0 Å². The Hall–Kier alpha value is -2.86. The van der Waals surface area contributed by atoms with Gasteiger partial charge < -0.3 is 10.2 Å². The Kier molecular flexibility index (Phi) is 6.17. The number of halogens is 2. The third-order valence-electron chi connectivity index (χ3n) is 5.60. The highest BCUT2D eigenvalue weighted by Gasteiger charge is 2.31. The number of hydrogen-bond acceptors (Lipinski definition) is 3. The van der Waals surface area contributed by atoms with Crippen LogP contribution in [0.1, 0.15) is 54.2 Å². The van der Waals surface area contributed by atoms with Crippen LogP contribution in [0.3, 0.4) is 0 Å². The van der Waals surface area contributed by atoms with Crippen LogP contribution in [0, 0.1) is 18.7 Å². The lowest BCUT2D eigenvalue weighted by Gasteiger charge is -2.17. The van der Waals surface area contributed by atoms with Crippen molar-refractivity contribution in [2.75, 3.05) is 0 Å². The first-order valence-corrected chi connectivity index (χ1v) is 10.1. The van der Waals surface area contributed by atoms with E-state index in [0.717, 1.165) is 12.5 Å². The van der Waals surface area contributed by atoms with E-state index in [0.29, 0.717) is 33.7 Å². The molecule has 30 heavy (non-hydrogen) atoms. The number of phenols is 1. The molecule has 2 N–H and O–H groups in total. The summed E-state index contributed by atoms with van der Waals surface area (Å²) in [6, 6.07) is 8.53. The second kappa shape index (κ2) is 8.48. The molecule has 1 heterocycles. The molecule has 0 saturated carbocycles. The molecule has 5 nitrogen and oxygen atoms in total. The average molecular weight is 432 g/mol. The Morgan fingerprint density at radius 3 is 2.40 bits per heavy atom. The van der Waals surface area contributed by atoms with E-state index in [4.69, 9.17) is 11.6 Å². The maximum atomic E-state index is 14.2. The number of benzene rings is 2. The van der Waals surface area contributed by atoms with Crippen molar-refractivity contribution in [3.8, 4) is 5.75 Å². The lowest BCUT2D eigenvalue weighted by Crippen LogP contribution is -2.18. The fourth-order valence-electron chi connectivity index (χ4n) is 3.78. The van der Waals surface area contributed by atoms with Gasteiger partial charge in [0.2, 0.25) is 0 Å². The van der Waals surface area contributed by atoms with E-state index in [1.165, 1.54) is 10.6 Å². The number of fused-ring (bicyclic) bond motifs is 1. The second-order valence-electron chi connectivity index (χ2n) is 7.61. The van der Waals surface area contributed by atoms with Crippen molar-refractivity contribution in [2.45, 2.75) is 39.5 Å². The van der Waals surface area contributed by atoms with Crippen molar-refractivity contribution in [3.05, 3.63) is 64.1 Å². The molecule has 3 aromatic rings. The fraction of sp³-hybridized carbons (Fsp3) is 0.304. The minimum atomic E-state index is -1.03. The first-order chi connectivity index (χ1) is 14.1. The number of nitrogens with zero attached hydrogens (tertiary/aromatic N) is 1. The predicted molar refractivity (Wildman–Crippen MR) is 114 cm³/mol. The van der Waals surface area contributed by atoms with Gasteiger partial charge in [-0.25, -0.2) is 4.39 Å². The summed E-state index contributed by atoms with van der Waals surface area (Å²) >= 11 is 5.91. The van der Waals surface area contributed by atoms with Crippen molar-refractivity contribution >= 4 is 34.4 Å². The molecule has 2 atom stereocenters. The molecular weight excluding hydrogens is 409 g/mol. The predicted octanol–water partition coefficient (Wildman–Crippen LogP) is 5.74. The largest absolute Gasteiger partial charge is 0.505 e. The molecule has 1 aromatic heterocycles. The number of rotatable bonds is 6. The van der Waals surface area contributed by atoms with Crippen LogP contribution in [0.2, 0.25) is 5.02 Å². The van der Waals surface area contributed by atoms with Crippen molar-refractivity contribution in [2.24, 2.45) is 5.92 Å². The van der Waals surface area contributed by atoms with Crippen LogP contribution in [0.25, 0.3) is 10.9 Å². The number of hydrogen-bond donors (Lipinski definition) is 2. The quantitative estimate of drug-likeness (QED) is 0.521. The summed E-state index contributed by atoms with van der Waals surface area (Å²) < 4.78 is 15.5. The van der Waals surface area contributed by atoms with Gasteiger partial charge in [-0.05, 0) is 55.2 Å². The molecule has 3 rings (SSSR count). The molecule has 0 aliphatic carbocycles. The molecular formula is C23H23ClFNO4. The van der Waals surface area contributed by atoms with E-state index < -0.39 is 29.4 Å². The Labute approximate surface area is 178 Å². The molecule has 0 bridgehead atoms. The topological polar surface area (TPSA) is 79.5 Å². The molecule has 158 valence electrons. The van der Waals surface area contributed by atoms with Gasteiger partial charge in [-0.2, -0.15) is 0 Å². The van der Waals surface area contributed by atoms with E-state index in [-0.39, 0.29) is 11.4 Å². The van der Waals surface area contributed by atoms with Crippen LogP contribution in [0.15, 0.2) is 36.4 Å². The summed E-state index contributed by atoms with van der Waals surface area (Å²) in [5.74, 6) is -3.70. The van der Waals surface area contributed by atoms with E-state index in [1.54, 1.807) is 31.2 Å². The van der Waals surface area contributed by atoms with E-state index in [9.17, 15) is 24.2 Å². The minimum absolute atomic E-state index is 0.130. The van der Waals surface area contributed by atoms with Gasteiger partial charge in [-0.15, -0.1) is 0 Å². The monoisotopic (exact) mass is 431 g/mol. The molecule has 0 radical (unpaired) electrons. The standard InChI is InChI=1S/C23H23ClFNO4/c1-4-12(2)9-17(23(29)30)21-13(3)26(19-11-18(25)20(27)10-16(19)21)22(28)14-5-7-15(24)8-6-14/h5-8,10-12,17,27H,4,9H2,1-3H3,(H,29,30)/t12?,17-/m1/s1. The number of carboxylic acids is 1. The molecule has 2 aromatic carbocycles. The summed E-state index contributed by atoms with van der Waals surface area (Å²) in [4.78, 5) is 25.4. The third kappa shape index (κ3) is 3.92. The molecule has 1 unspecified atom stereocenters. The zero-order valence-corrected chi connectivity index (χ0v) is 17.7. The summed E-state index contributed by atoms with van der Waals surface area (Å²) in [7, 11) is 0. The van der Waals surface area contributed by atoms with Crippen LogP contribution in [0.5, 0.6) is 5.75 Å². The second-order valence-corrected chi connectivity index (χ2v) is 8.04. The first kappa shape index (κ1) is 21.8. The van der Waals surface area contributed by atoms with Gasteiger partial charge in [0.1, 0.15) is 0 Å². The summed E-state index contributed by atoms with van der Waals surface area (Å²) in [6.45, 7) is 5.58. The van der Waals surface area contributed by atoms with Gasteiger partial charge in [0.05, 0.1) is 11.4 Å². The Balaban J connectivity index is 2.29. The highest BCUT2D eigenvalue weighted by atomic mass is 35.5. The first-order valence-electron chi connectivity index (χ1n) is 9.72. The van der Waals surface area contributed by atoms with Crippen molar-refractivity contribution in [1.29, 1.82) is 0 Å². The number of aromatic nitrogens is 1. The third-order valence-corrected chi connectivity index (χ3v) is 5.85. The zero-order valence-electron chi connectivity index (χ0n) is 16.9. The molecule has 0 aliphatic heterocycles. The lowest BCUT2D eigenvalue weighted by molar-refractivity contribution is -0.139. The Morgan fingerprint density at radius 2 is 1.83 bits per heavy atom. The number of phenolic OH excluding ortho intramolecular Hbond substituents is 1. The minimum Gasteiger partial charge on any atom is -0.505 e. The van der Waals surface area contributed by atoms with Crippen LogP contribution < -0.4 is 0 Å². The van der Waals surface area contributed by atoms with Crippen LogP contribution in [0.4, 0.5) is 4.39 Å². The average Bonchev–Trinajstić information content (AvgIpc) is 2.97. The molecule has 0 fully saturated rings. The maximum absolute atomic E-state index is 14.2. The van der Waals surface area contributed by atoms with Gasteiger partial charge in [0.15, 0.2) is 11.6 Å². The highest BCUT2D eigenvalue weighted by Crippen LogP contribution is 2.38. The van der Waals surface area contributed by atoms with Gasteiger partial charge >= 0.3 is 5.97 Å². The molecule has 0 amide bonds. The summed E-state index contributed by atoms with van der Waals surface area (Å²) in [6.07, 6.45) is 1.16. The van der Waals surface area contributed by atoms with Gasteiger partial charge in [-0.1, -0.05) is 31.9 Å². The summed E-state index contributed by atoms with van der Waals surface area (Å²) in [5.41, 5.74) is 1.36. The smallest absolute Gasteiger partial charge is 0.311 e. The molecule has 0 saturated heterocycles. The summed E-state index contributed by atoms with van der Waals surface area (Å²) in [5, 5.41) is 20.7. The van der Waals surface area contributed by atoms with E-state index >= 15 is 0 Å². The lowest BCUT2D eigenvalue weighted by atomic mass is 9.87. The van der Waals surface area contributed by atoms with Gasteiger partial charge in [0.25, 0.3) is 5.91 Å². The number of carbonyl (C=O) groups excluding carboxylic acids is 1. The fourth-order valence-corrected chi connectivity index (χ4v) is 3.91. The zero-order chi connectivity index (χ0) is 22.2. The van der Waals surface area contributed by atoms with Crippen molar-refractivity contribution in [3.63, 3.8) is 0 Å². The van der Waals surface area contributed by atoms with Crippen LogP contribution in [-0.4, -0.2) is 26.7 Å². The Bertz CT molecular complexity index is 1120. The number of carbonyl (C=O) groups is 2. The number of aliphatic carboxylic acids is 1. The SMILES string of the molecule is CCC(C)C[C@@H](C(=O)O)c1c(C)n(C(=O)c2ccc(Cl)cc2)c2cc(F)c(O)cc12. The highest BCUT2D eigenvalue weighted by molar-refractivity contribution is 6.30. The van der Waals surface area contributed by atoms with Crippen molar-refractivity contribution < 1.29 is 24.2 Å². The van der Waals surface area contributed by atoms with E-state index in [1.807, 2.05) is 13.8 Å². The van der Waals surface area contributed by atoms with Crippen LogP contribution in [-0.2, 0) is 4.79 Å². The van der Waals surface area contributed by atoms with Crippen molar-refractivity contribution in [1.82, 2.24) is 4.57 Å².